The molecule has 0 aromatic heterocycles. The molecular weight excluding hydrogens is 789 g/mol. The van der Waals surface area contributed by atoms with Crippen LogP contribution in [0.4, 0.5) is 0 Å². The van der Waals surface area contributed by atoms with Crippen molar-refractivity contribution in [3.8, 4) is 0 Å². The summed E-state index contributed by atoms with van der Waals surface area (Å²) in [6.07, 6.45) is 30.2. The molecule has 2 saturated heterocycles. The Kier molecular flexibility index (Phi) is 25.5. The molecule has 6 nitrogen and oxygen atoms in total. The molecule has 0 spiro atoms. The molecule has 356 valence electrons. The topological polar surface area (TPSA) is 66.4 Å². The predicted molar refractivity (Wildman–Crippen MR) is 265 cm³/mol. The first kappa shape index (κ1) is 54.7. The van der Waals surface area contributed by atoms with Crippen LogP contribution in [0, 0.1) is 0 Å². The molecule has 2 aliphatic rings. The van der Waals surface area contributed by atoms with Crippen LogP contribution in [-0.2, 0) is 29.7 Å². The number of hydrogen-bond acceptors (Lipinski definition) is 6. The molecule has 1 N–H and O–H groups in total. The third-order valence-corrected chi connectivity index (χ3v) is 24.0. The summed E-state index contributed by atoms with van der Waals surface area (Å²) in [6.45, 7) is 27.5. The Hall–Kier alpha value is -0.586. The summed E-state index contributed by atoms with van der Waals surface area (Å²) in [6, 6.07) is 10.5. The highest BCUT2D eigenvalue weighted by molar-refractivity contribution is 6.74. The van der Waals surface area contributed by atoms with E-state index >= 15 is 0 Å². The van der Waals surface area contributed by atoms with Crippen LogP contribution in [0.25, 0.3) is 0 Å². The monoisotopic (exact) mass is 889 g/mol. The highest BCUT2D eigenvalue weighted by atomic mass is 28.4. The van der Waals surface area contributed by atoms with E-state index < -0.39 is 22.7 Å². The molecule has 0 saturated carbocycles. The number of aliphatic hydroxyl groups is 1. The number of ether oxygens (including phenoxy) is 3. The zero-order valence-corrected chi connectivity index (χ0v) is 44.0. The van der Waals surface area contributed by atoms with Crippen molar-refractivity contribution in [2.24, 2.45) is 0 Å². The van der Waals surface area contributed by atoms with Crippen molar-refractivity contribution >= 4 is 16.6 Å². The minimum atomic E-state index is -1.95. The summed E-state index contributed by atoms with van der Waals surface area (Å²) < 4.78 is 33.5. The molecule has 2 fully saturated rings. The summed E-state index contributed by atoms with van der Waals surface area (Å²) in [5.74, 6) is 0. The van der Waals surface area contributed by atoms with Gasteiger partial charge in [-0.15, -0.1) is 0 Å². The smallest absolute Gasteiger partial charge is 0.192 e. The zero-order chi connectivity index (χ0) is 44.8. The molecule has 0 radical (unpaired) electrons. The van der Waals surface area contributed by atoms with Gasteiger partial charge < -0.3 is 28.2 Å². The molecule has 1 aromatic carbocycles. The summed E-state index contributed by atoms with van der Waals surface area (Å²) >= 11 is 0. The third kappa shape index (κ3) is 21.1. The summed E-state index contributed by atoms with van der Waals surface area (Å²) in [5.41, 5.74) is 1.27. The second kappa shape index (κ2) is 28.5. The van der Waals surface area contributed by atoms with Gasteiger partial charge >= 0.3 is 0 Å². The van der Waals surface area contributed by atoms with E-state index in [1.807, 2.05) is 0 Å². The molecule has 61 heavy (non-hydrogen) atoms. The molecular formula is C53H100O6Si2. The fourth-order valence-corrected chi connectivity index (χ4v) is 11.6. The molecule has 2 aliphatic heterocycles. The number of benzene rings is 1. The number of rotatable bonds is 33. The Morgan fingerprint density at radius 3 is 1.62 bits per heavy atom. The van der Waals surface area contributed by atoms with E-state index in [-0.39, 0.29) is 40.6 Å². The van der Waals surface area contributed by atoms with E-state index in [2.05, 4.69) is 105 Å². The molecule has 0 bridgehead atoms. The third-order valence-electron chi connectivity index (χ3n) is 15.0. The van der Waals surface area contributed by atoms with Crippen molar-refractivity contribution in [3.63, 3.8) is 0 Å². The average molecular weight is 890 g/mol. The predicted octanol–water partition coefficient (Wildman–Crippen LogP) is 15.7. The van der Waals surface area contributed by atoms with E-state index in [1.165, 1.54) is 108 Å². The van der Waals surface area contributed by atoms with Gasteiger partial charge in [0.2, 0.25) is 0 Å². The Bertz CT molecular complexity index is 1250. The van der Waals surface area contributed by atoms with Crippen molar-refractivity contribution in [2.75, 3.05) is 6.61 Å². The maximum Gasteiger partial charge on any atom is 0.192 e. The lowest BCUT2D eigenvalue weighted by Gasteiger charge is -2.41. The van der Waals surface area contributed by atoms with Crippen LogP contribution < -0.4 is 0 Å². The zero-order valence-electron chi connectivity index (χ0n) is 42.0. The highest BCUT2D eigenvalue weighted by Gasteiger charge is 2.45. The van der Waals surface area contributed by atoms with Gasteiger partial charge in [0.1, 0.15) is 0 Å². The van der Waals surface area contributed by atoms with Gasteiger partial charge in [-0.05, 0) is 106 Å². The maximum atomic E-state index is 11.3. The van der Waals surface area contributed by atoms with E-state index in [4.69, 9.17) is 23.1 Å². The fraction of sp³-hybridized carbons (Fsp3) is 0.887. The van der Waals surface area contributed by atoms with Gasteiger partial charge in [0.05, 0.1) is 43.2 Å². The van der Waals surface area contributed by atoms with Crippen LogP contribution in [0.15, 0.2) is 30.3 Å². The Morgan fingerprint density at radius 1 is 0.574 bits per heavy atom. The molecule has 0 amide bonds. The molecule has 8 heteroatoms. The lowest BCUT2D eigenvalue weighted by molar-refractivity contribution is -0.108. The van der Waals surface area contributed by atoms with Crippen LogP contribution in [0.2, 0.25) is 36.3 Å². The highest BCUT2D eigenvalue weighted by Crippen LogP contribution is 2.42. The Labute approximate surface area is 380 Å². The van der Waals surface area contributed by atoms with Crippen LogP contribution in [-0.4, -0.2) is 71.1 Å². The van der Waals surface area contributed by atoms with Crippen LogP contribution >= 0.6 is 0 Å². The van der Waals surface area contributed by atoms with Gasteiger partial charge in [0, 0.05) is 12.7 Å². The SMILES string of the molecule is CCCCCC[C@@H](CCC[C@H](O)[C@H]1CC[C@H]([C@H]2CC[C@H]([C@@H](CCCCCCCCCCCCCCOCc3ccccc3)O[Si](C)(C)C(C)(C)C)O2)O1)O[Si](C)(C)C(C)(C)C. The molecule has 7 atom stereocenters. The minimum Gasteiger partial charge on any atom is -0.414 e. The number of unbranched alkanes of at least 4 members (excludes halogenated alkanes) is 14. The van der Waals surface area contributed by atoms with Gasteiger partial charge in [-0.25, -0.2) is 0 Å². The van der Waals surface area contributed by atoms with Crippen molar-refractivity contribution in [2.45, 2.75) is 295 Å². The quantitative estimate of drug-likeness (QED) is 0.0560. The van der Waals surface area contributed by atoms with Crippen molar-refractivity contribution < 1.29 is 28.2 Å². The molecule has 1 aromatic rings. The largest absolute Gasteiger partial charge is 0.414 e. The molecule has 2 heterocycles. The first-order valence-electron chi connectivity index (χ1n) is 25.9. The van der Waals surface area contributed by atoms with Gasteiger partial charge in [0.25, 0.3) is 0 Å². The van der Waals surface area contributed by atoms with Gasteiger partial charge in [0.15, 0.2) is 16.6 Å². The fourth-order valence-electron chi connectivity index (χ4n) is 8.83. The Morgan fingerprint density at radius 2 is 1.05 bits per heavy atom. The van der Waals surface area contributed by atoms with Crippen molar-refractivity contribution in [1.29, 1.82) is 0 Å². The van der Waals surface area contributed by atoms with E-state index in [9.17, 15) is 5.11 Å². The second-order valence-electron chi connectivity index (χ2n) is 22.4. The molecule has 0 unspecified atom stereocenters. The maximum absolute atomic E-state index is 11.3. The summed E-state index contributed by atoms with van der Waals surface area (Å²) in [4.78, 5) is 0. The number of aliphatic hydroxyl groups excluding tert-OH is 1. The average Bonchev–Trinajstić information content (AvgIpc) is 3.89. The summed E-state index contributed by atoms with van der Waals surface area (Å²) in [5, 5.41) is 11.7. The second-order valence-corrected chi connectivity index (χ2v) is 31.9. The Balaban J connectivity index is 1.34. The molecule has 3 rings (SSSR count). The van der Waals surface area contributed by atoms with E-state index in [0.717, 1.165) is 71.0 Å². The molecule has 0 aliphatic carbocycles. The number of hydrogen-bond donors (Lipinski definition) is 1. The normalized spacial score (nSPS) is 21.9. The van der Waals surface area contributed by atoms with Gasteiger partial charge in [-0.1, -0.05) is 175 Å². The first-order chi connectivity index (χ1) is 28.9. The van der Waals surface area contributed by atoms with Crippen LogP contribution in [0.1, 0.15) is 215 Å². The van der Waals surface area contributed by atoms with Crippen LogP contribution in [0.3, 0.4) is 0 Å². The van der Waals surface area contributed by atoms with Crippen molar-refractivity contribution in [1.82, 2.24) is 0 Å². The lowest BCUT2D eigenvalue weighted by Crippen LogP contribution is -2.47. The standard InChI is InChI=1S/C53H100O6Si2/c1-12-13-14-28-34-45(58-60(8,9)52(2,3)4)35-31-36-46(54)47-38-39-48(56-47)49-40-41-50(57-49)51(59-61(10,11)53(5,6)7)37-29-23-21-19-17-15-16-18-20-22-24-30-42-55-43-44-32-26-25-27-33-44/h25-27,32-33,45-51,54H,12-24,28-31,34-43H2,1-11H3/t45-,46-,47+,48+,49+,50+,51+/m0/s1. The summed E-state index contributed by atoms with van der Waals surface area (Å²) in [7, 11) is -3.79. The van der Waals surface area contributed by atoms with Gasteiger partial charge in [-0.3, -0.25) is 0 Å². The van der Waals surface area contributed by atoms with Crippen molar-refractivity contribution in [3.05, 3.63) is 35.9 Å². The van der Waals surface area contributed by atoms with E-state index in [0.29, 0.717) is 6.10 Å². The van der Waals surface area contributed by atoms with E-state index in [1.54, 1.807) is 0 Å². The van der Waals surface area contributed by atoms with Crippen LogP contribution in [0.5, 0.6) is 0 Å². The van der Waals surface area contributed by atoms with Gasteiger partial charge in [-0.2, -0.15) is 0 Å². The first-order valence-corrected chi connectivity index (χ1v) is 31.7. The lowest BCUT2D eigenvalue weighted by atomic mass is 9.99. The minimum absolute atomic E-state index is 0.0798.